The predicted octanol–water partition coefficient (Wildman–Crippen LogP) is 1.20. The average molecular weight is 663 g/mol. The van der Waals surface area contributed by atoms with Gasteiger partial charge in [0.25, 0.3) is 5.91 Å². The van der Waals surface area contributed by atoms with Gasteiger partial charge in [-0.15, -0.1) is 5.10 Å². The fourth-order valence-corrected chi connectivity index (χ4v) is 4.47. The SMILES string of the molecule is CNCC(=O)OCc1cccnc1N(C)C(=O)OCn1cc(C=O)c(Nc2cccc(/C(N)=N/N(C)N)c2OC)c/c1=N\C(=O)C1CC1. The van der Waals surface area contributed by atoms with Gasteiger partial charge in [0.05, 0.1) is 36.2 Å². The number of para-hydroxylation sites is 1. The summed E-state index contributed by atoms with van der Waals surface area (Å²) in [4.78, 5) is 59.7. The van der Waals surface area contributed by atoms with Gasteiger partial charge in [-0.3, -0.25) is 23.9 Å². The Balaban J connectivity index is 1.63. The molecular weight excluding hydrogens is 624 g/mol. The normalized spacial score (nSPS) is 13.0. The zero-order valence-corrected chi connectivity index (χ0v) is 27.0. The summed E-state index contributed by atoms with van der Waals surface area (Å²) < 4.78 is 17.8. The molecule has 1 aromatic carbocycles. The Morgan fingerprint density at radius 1 is 1.15 bits per heavy atom. The summed E-state index contributed by atoms with van der Waals surface area (Å²) in [6.45, 7) is -0.496. The number of rotatable bonds is 14. The van der Waals surface area contributed by atoms with E-state index in [1.807, 2.05) is 0 Å². The lowest BCUT2D eigenvalue weighted by Crippen LogP contribution is -2.32. The minimum atomic E-state index is -0.803. The highest BCUT2D eigenvalue weighted by atomic mass is 16.6. The van der Waals surface area contributed by atoms with E-state index in [9.17, 15) is 19.2 Å². The van der Waals surface area contributed by atoms with Crippen LogP contribution in [0.1, 0.15) is 34.3 Å². The lowest BCUT2D eigenvalue weighted by molar-refractivity contribution is -0.143. The van der Waals surface area contributed by atoms with Gasteiger partial charge in [-0.1, -0.05) is 12.1 Å². The Morgan fingerprint density at radius 3 is 2.58 bits per heavy atom. The van der Waals surface area contributed by atoms with Crippen molar-refractivity contribution < 1.29 is 33.4 Å². The molecule has 0 atom stereocenters. The van der Waals surface area contributed by atoms with E-state index in [4.69, 9.17) is 25.8 Å². The van der Waals surface area contributed by atoms with Crippen molar-refractivity contribution >= 4 is 47.3 Å². The number of nitrogens with zero attached hydrogens (tertiary/aromatic N) is 6. The number of carbonyl (C=O) groups excluding carboxylic acids is 4. The lowest BCUT2D eigenvalue weighted by Gasteiger charge is -2.20. The quantitative estimate of drug-likeness (QED) is 0.0477. The van der Waals surface area contributed by atoms with Crippen molar-refractivity contribution in [2.75, 3.05) is 45.0 Å². The second-order valence-electron chi connectivity index (χ2n) is 10.7. The van der Waals surface area contributed by atoms with Gasteiger partial charge < -0.3 is 30.6 Å². The molecule has 17 heteroatoms. The monoisotopic (exact) mass is 662 g/mol. The highest BCUT2D eigenvalue weighted by Crippen LogP contribution is 2.32. The van der Waals surface area contributed by atoms with E-state index in [1.54, 1.807) is 37.4 Å². The molecule has 48 heavy (non-hydrogen) atoms. The number of carbonyl (C=O) groups is 4. The molecule has 0 saturated heterocycles. The summed E-state index contributed by atoms with van der Waals surface area (Å²) in [6.07, 6.45) is 4.14. The topological polar surface area (TPSA) is 221 Å². The minimum Gasteiger partial charge on any atom is -0.494 e. The number of anilines is 3. The molecule has 17 nitrogen and oxygen atoms in total. The van der Waals surface area contributed by atoms with Gasteiger partial charge in [0, 0.05) is 44.0 Å². The smallest absolute Gasteiger partial charge is 0.416 e. The van der Waals surface area contributed by atoms with Crippen molar-refractivity contribution in [1.82, 2.24) is 20.0 Å². The fraction of sp³-hybridized carbons (Fsp3) is 0.323. The van der Waals surface area contributed by atoms with Crippen molar-refractivity contribution in [3.8, 4) is 5.75 Å². The number of hydrazone groups is 1. The molecule has 1 aliphatic rings. The third-order valence-corrected chi connectivity index (χ3v) is 6.98. The third-order valence-electron chi connectivity index (χ3n) is 6.98. The molecule has 0 radical (unpaired) electrons. The zero-order chi connectivity index (χ0) is 34.8. The van der Waals surface area contributed by atoms with E-state index >= 15 is 0 Å². The number of nitrogens with two attached hydrogens (primary N) is 2. The maximum Gasteiger partial charge on any atom is 0.416 e. The van der Waals surface area contributed by atoms with Crippen LogP contribution in [0.3, 0.4) is 0 Å². The van der Waals surface area contributed by atoms with Gasteiger partial charge in [-0.25, -0.2) is 20.7 Å². The van der Waals surface area contributed by atoms with E-state index in [1.165, 1.54) is 44.2 Å². The van der Waals surface area contributed by atoms with Crippen LogP contribution in [0, 0.1) is 5.92 Å². The predicted molar refractivity (Wildman–Crippen MR) is 175 cm³/mol. The fourth-order valence-electron chi connectivity index (χ4n) is 4.47. The second-order valence-corrected chi connectivity index (χ2v) is 10.7. The molecule has 1 saturated carbocycles. The van der Waals surface area contributed by atoms with Crippen molar-refractivity contribution in [3.05, 3.63) is 71.0 Å². The number of nitrogens with one attached hydrogen (secondary N) is 2. The number of pyridine rings is 2. The molecule has 0 aliphatic heterocycles. The highest BCUT2D eigenvalue weighted by molar-refractivity contribution is 6.02. The molecule has 0 bridgehead atoms. The molecule has 1 fully saturated rings. The second kappa shape index (κ2) is 16.1. The van der Waals surface area contributed by atoms with Crippen molar-refractivity contribution in [2.24, 2.45) is 27.6 Å². The Kier molecular flexibility index (Phi) is 11.8. The largest absolute Gasteiger partial charge is 0.494 e. The number of amides is 2. The Hall–Kier alpha value is -5.81. The summed E-state index contributed by atoms with van der Waals surface area (Å²) in [5.41, 5.74) is 8.05. The molecule has 3 aromatic rings. The molecule has 2 amide bonds. The van der Waals surface area contributed by atoms with Gasteiger partial charge in [-0.2, -0.15) is 4.99 Å². The molecule has 0 spiro atoms. The number of amidine groups is 1. The van der Waals surface area contributed by atoms with E-state index in [-0.39, 0.29) is 47.7 Å². The molecule has 2 heterocycles. The number of ether oxygens (including phenoxy) is 3. The van der Waals surface area contributed by atoms with Gasteiger partial charge in [0.1, 0.15) is 17.9 Å². The van der Waals surface area contributed by atoms with Crippen LogP contribution in [0.15, 0.2) is 58.9 Å². The first kappa shape index (κ1) is 35.1. The minimum absolute atomic E-state index is 0.0222. The number of hydrogen-bond donors (Lipinski definition) is 4. The first-order chi connectivity index (χ1) is 23.1. The van der Waals surface area contributed by atoms with E-state index < -0.39 is 18.8 Å². The van der Waals surface area contributed by atoms with Crippen LogP contribution < -0.4 is 37.3 Å². The zero-order valence-electron chi connectivity index (χ0n) is 27.0. The standard InChI is InChI=1S/C31H38N10O7/c1-34-14-26(43)47-17-20-7-6-12-35-29(20)39(2)31(45)48-18-41-15-21(16-42)24(13-25(41)37-30(44)19-10-11-19)36-23-9-5-8-22(27(23)46-4)28(32)38-40(3)33/h5-9,12-13,15-16,19,34,36H,10-11,14,17-18,33H2,1-4H3,(H2,32,38)/b37-25+. The van der Waals surface area contributed by atoms with E-state index in [2.05, 4.69) is 25.7 Å². The molecule has 6 N–H and O–H groups in total. The average Bonchev–Trinajstić information content (AvgIpc) is 3.92. The first-order valence-electron chi connectivity index (χ1n) is 14.8. The van der Waals surface area contributed by atoms with Crippen LogP contribution in [0.25, 0.3) is 0 Å². The van der Waals surface area contributed by atoms with Gasteiger partial charge in [0.15, 0.2) is 24.6 Å². The van der Waals surface area contributed by atoms with Gasteiger partial charge >= 0.3 is 12.1 Å². The Bertz CT molecular complexity index is 1770. The Morgan fingerprint density at radius 2 is 1.92 bits per heavy atom. The number of methoxy groups -OCH3 is 1. The number of aromatic nitrogens is 2. The Labute approximate surface area is 276 Å². The molecule has 254 valence electrons. The maximum absolute atomic E-state index is 13.2. The molecule has 1 aliphatic carbocycles. The highest BCUT2D eigenvalue weighted by Gasteiger charge is 2.29. The van der Waals surface area contributed by atoms with Crippen molar-refractivity contribution in [2.45, 2.75) is 26.2 Å². The van der Waals surface area contributed by atoms with E-state index in [0.717, 1.165) is 22.9 Å². The van der Waals surface area contributed by atoms with Crippen LogP contribution >= 0.6 is 0 Å². The number of esters is 1. The number of likely N-dealkylation sites (N-methyl/N-ethyl adjacent to an activating group) is 1. The number of hydrogen-bond acceptors (Lipinski definition) is 13. The summed E-state index contributed by atoms with van der Waals surface area (Å²) in [6, 6.07) is 9.91. The molecule has 0 unspecified atom stereocenters. The molecule has 2 aromatic heterocycles. The van der Waals surface area contributed by atoms with Crippen LogP contribution in [0.5, 0.6) is 5.75 Å². The van der Waals surface area contributed by atoms with Crippen molar-refractivity contribution in [1.29, 1.82) is 0 Å². The van der Waals surface area contributed by atoms with Crippen LogP contribution in [-0.2, 0) is 32.4 Å². The summed E-state index contributed by atoms with van der Waals surface area (Å²) >= 11 is 0. The first-order valence-corrected chi connectivity index (χ1v) is 14.8. The number of aldehydes is 1. The number of hydrazine groups is 1. The lowest BCUT2D eigenvalue weighted by atomic mass is 10.1. The summed E-state index contributed by atoms with van der Waals surface area (Å²) in [5.74, 6) is 5.24. The van der Waals surface area contributed by atoms with Crippen molar-refractivity contribution in [3.63, 3.8) is 0 Å². The third kappa shape index (κ3) is 8.92. The summed E-state index contributed by atoms with van der Waals surface area (Å²) in [5, 5.41) is 10.9. The molecular formula is C31H38N10O7. The number of benzene rings is 1. The van der Waals surface area contributed by atoms with Crippen LogP contribution in [0.4, 0.5) is 22.0 Å². The van der Waals surface area contributed by atoms with Crippen LogP contribution in [0.2, 0.25) is 0 Å². The maximum atomic E-state index is 13.2. The van der Waals surface area contributed by atoms with Gasteiger partial charge in [0.2, 0.25) is 0 Å². The van der Waals surface area contributed by atoms with Crippen LogP contribution in [-0.4, -0.2) is 79.6 Å². The van der Waals surface area contributed by atoms with E-state index in [0.29, 0.717) is 34.5 Å². The summed E-state index contributed by atoms with van der Waals surface area (Å²) in [7, 11) is 6.04. The molecule has 4 rings (SSSR count). The van der Waals surface area contributed by atoms with Gasteiger partial charge in [-0.05, 0) is 38.1 Å².